The monoisotopic (exact) mass is 392 g/mol. The van der Waals surface area contributed by atoms with E-state index in [2.05, 4.69) is 0 Å². The molecule has 1 aromatic rings. The molecule has 0 aliphatic heterocycles. The van der Waals surface area contributed by atoms with Crippen LogP contribution in [-0.2, 0) is 23.6 Å². The summed E-state index contributed by atoms with van der Waals surface area (Å²) in [4.78, 5) is 0.0461. The first kappa shape index (κ1) is 22.3. The zero-order valence-electron chi connectivity index (χ0n) is 15.5. The van der Waals surface area contributed by atoms with Gasteiger partial charge in [0.2, 0.25) is 0 Å². The number of aliphatic hydroxyl groups is 1. The lowest BCUT2D eigenvalue weighted by molar-refractivity contribution is 0.00731. The second-order valence-corrected chi connectivity index (χ2v) is 12.3. The van der Waals surface area contributed by atoms with Gasteiger partial charge in [-0.25, -0.2) is 0 Å². The third kappa shape index (κ3) is 6.19. The first-order chi connectivity index (χ1) is 11.5. The normalized spacial score (nSPS) is 14.2. The molecule has 0 aliphatic rings. The van der Waals surface area contributed by atoms with E-state index in [1.165, 1.54) is 12.1 Å². The van der Waals surface area contributed by atoms with E-state index in [0.29, 0.717) is 0 Å². The molecule has 0 amide bonds. The highest BCUT2D eigenvalue weighted by Crippen LogP contribution is 2.54. The van der Waals surface area contributed by atoms with Crippen LogP contribution in [0.25, 0.3) is 0 Å². The molecule has 1 atom stereocenters. The van der Waals surface area contributed by atoms with Crippen LogP contribution in [0.1, 0.15) is 33.3 Å². The van der Waals surface area contributed by atoms with Crippen molar-refractivity contribution in [3.05, 3.63) is 29.8 Å². The fourth-order valence-corrected chi connectivity index (χ4v) is 5.38. The largest absolute Gasteiger partial charge is 0.394 e. The number of benzene rings is 1. The van der Waals surface area contributed by atoms with Gasteiger partial charge in [0.25, 0.3) is 10.1 Å². The van der Waals surface area contributed by atoms with Crippen LogP contribution in [0.5, 0.6) is 0 Å². The standard InChI is InChI=1S/C17H29O6PS/c1-13(2)24(19,14(3)4)12-22-16(10-18)11-23-25(20,21)17-8-6-15(5)7-9-17/h6-9,13-14,16,18H,10-12H2,1-5H3. The second kappa shape index (κ2) is 9.28. The minimum atomic E-state index is -3.93. The molecule has 6 nitrogen and oxygen atoms in total. The minimum Gasteiger partial charge on any atom is -0.394 e. The molecule has 0 bridgehead atoms. The van der Waals surface area contributed by atoms with Crippen LogP contribution in [0.15, 0.2) is 29.2 Å². The van der Waals surface area contributed by atoms with Gasteiger partial charge in [-0.05, 0) is 19.1 Å². The molecule has 0 radical (unpaired) electrons. The zero-order chi connectivity index (χ0) is 19.3. The van der Waals surface area contributed by atoms with E-state index < -0.39 is 30.0 Å². The lowest BCUT2D eigenvalue weighted by Crippen LogP contribution is -2.28. The maximum absolute atomic E-state index is 12.9. The molecule has 1 unspecified atom stereocenters. The van der Waals surface area contributed by atoms with Crippen LogP contribution in [0.3, 0.4) is 0 Å². The van der Waals surface area contributed by atoms with E-state index in [1.807, 2.05) is 34.6 Å². The highest BCUT2D eigenvalue weighted by Gasteiger charge is 2.32. The Labute approximate surface area is 151 Å². The van der Waals surface area contributed by atoms with Crippen LogP contribution in [0, 0.1) is 6.92 Å². The summed E-state index contributed by atoms with van der Waals surface area (Å²) in [6.07, 6.45) is -0.868. The van der Waals surface area contributed by atoms with Crippen molar-refractivity contribution in [1.82, 2.24) is 0 Å². The fourth-order valence-electron chi connectivity index (χ4n) is 2.21. The highest BCUT2D eigenvalue weighted by molar-refractivity contribution is 7.86. The zero-order valence-corrected chi connectivity index (χ0v) is 17.2. The van der Waals surface area contributed by atoms with Crippen molar-refractivity contribution in [3.8, 4) is 0 Å². The number of rotatable bonds is 10. The van der Waals surface area contributed by atoms with Crippen molar-refractivity contribution in [2.45, 2.75) is 56.9 Å². The summed E-state index contributed by atoms with van der Waals surface area (Å²) in [7, 11) is -6.53. The van der Waals surface area contributed by atoms with Gasteiger partial charge in [0.1, 0.15) is 19.6 Å². The minimum absolute atomic E-state index is 0.0124. The van der Waals surface area contributed by atoms with Gasteiger partial charge in [-0.2, -0.15) is 8.42 Å². The van der Waals surface area contributed by atoms with Crippen molar-refractivity contribution in [2.24, 2.45) is 0 Å². The Balaban J connectivity index is 2.70. The molecule has 0 saturated carbocycles. The molecule has 0 aliphatic carbocycles. The average Bonchev–Trinajstić information content (AvgIpc) is 2.54. The quantitative estimate of drug-likeness (QED) is 0.486. The van der Waals surface area contributed by atoms with Gasteiger partial charge in [0.15, 0.2) is 0 Å². The Bertz CT molecular complexity index is 670. The van der Waals surface area contributed by atoms with Gasteiger partial charge < -0.3 is 14.4 Å². The summed E-state index contributed by atoms with van der Waals surface area (Å²) in [6, 6.07) is 6.28. The van der Waals surface area contributed by atoms with Gasteiger partial charge in [-0.3, -0.25) is 4.18 Å². The van der Waals surface area contributed by atoms with Crippen LogP contribution < -0.4 is 0 Å². The number of aliphatic hydroxyl groups excluding tert-OH is 1. The molecule has 1 aromatic carbocycles. The maximum atomic E-state index is 12.9. The first-order valence-electron chi connectivity index (χ1n) is 8.30. The van der Waals surface area contributed by atoms with E-state index >= 15 is 0 Å². The molecule has 0 aromatic heterocycles. The van der Waals surface area contributed by atoms with Crippen LogP contribution in [-0.4, -0.2) is 50.5 Å². The van der Waals surface area contributed by atoms with E-state index in [1.54, 1.807) is 12.1 Å². The third-order valence-corrected chi connectivity index (χ3v) is 9.53. The van der Waals surface area contributed by atoms with Crippen LogP contribution in [0.4, 0.5) is 0 Å². The van der Waals surface area contributed by atoms with Crippen LogP contribution >= 0.6 is 7.14 Å². The molecular formula is C17H29O6PS. The van der Waals surface area contributed by atoms with E-state index in [0.717, 1.165) is 5.56 Å². The molecule has 0 heterocycles. The third-order valence-electron chi connectivity index (χ3n) is 4.18. The topological polar surface area (TPSA) is 89.9 Å². The Hall–Kier alpha value is -0.720. The van der Waals surface area contributed by atoms with Gasteiger partial charge in [0.05, 0.1) is 18.1 Å². The molecule has 8 heteroatoms. The van der Waals surface area contributed by atoms with Crippen molar-refractivity contribution in [2.75, 3.05) is 19.6 Å². The fraction of sp³-hybridized carbons (Fsp3) is 0.647. The van der Waals surface area contributed by atoms with Gasteiger partial charge in [0, 0.05) is 11.3 Å². The predicted molar refractivity (Wildman–Crippen MR) is 99.0 cm³/mol. The number of aryl methyl sites for hydroxylation is 1. The molecule has 0 saturated heterocycles. The van der Waals surface area contributed by atoms with Crippen molar-refractivity contribution in [1.29, 1.82) is 0 Å². The second-order valence-electron chi connectivity index (χ2n) is 6.69. The Morgan fingerprint density at radius 1 is 1.08 bits per heavy atom. The summed E-state index contributed by atoms with van der Waals surface area (Å²) in [5.41, 5.74) is 0.835. The summed E-state index contributed by atoms with van der Waals surface area (Å²) in [6.45, 7) is 8.59. The summed E-state index contributed by atoms with van der Waals surface area (Å²) >= 11 is 0. The molecule has 1 N–H and O–H groups in total. The molecule has 0 fully saturated rings. The summed E-state index contributed by atoms with van der Waals surface area (Å²) in [5.74, 6) is 0. The molecule has 25 heavy (non-hydrogen) atoms. The molecule has 0 spiro atoms. The van der Waals surface area contributed by atoms with Gasteiger partial charge >= 0.3 is 0 Å². The number of hydrogen-bond acceptors (Lipinski definition) is 6. The Morgan fingerprint density at radius 2 is 1.60 bits per heavy atom. The van der Waals surface area contributed by atoms with E-state index in [9.17, 15) is 18.1 Å². The molecule has 144 valence electrons. The average molecular weight is 392 g/mol. The maximum Gasteiger partial charge on any atom is 0.297 e. The Morgan fingerprint density at radius 3 is 2.04 bits per heavy atom. The van der Waals surface area contributed by atoms with Crippen molar-refractivity contribution in [3.63, 3.8) is 0 Å². The van der Waals surface area contributed by atoms with Gasteiger partial charge in [-0.1, -0.05) is 45.4 Å². The van der Waals surface area contributed by atoms with E-state index in [-0.39, 0.29) is 29.2 Å². The molecule has 1 rings (SSSR count). The number of ether oxygens (including phenoxy) is 1. The van der Waals surface area contributed by atoms with Gasteiger partial charge in [-0.15, -0.1) is 0 Å². The lowest BCUT2D eigenvalue weighted by atomic mass is 10.2. The predicted octanol–water partition coefficient (Wildman–Crippen LogP) is 3.22. The lowest BCUT2D eigenvalue weighted by Gasteiger charge is -2.27. The molecular weight excluding hydrogens is 363 g/mol. The first-order valence-corrected chi connectivity index (χ1v) is 11.7. The van der Waals surface area contributed by atoms with Crippen molar-refractivity contribution < 1.29 is 27.0 Å². The Kier molecular flexibility index (Phi) is 8.29. The van der Waals surface area contributed by atoms with E-state index in [4.69, 9.17) is 8.92 Å². The van der Waals surface area contributed by atoms with Crippen LogP contribution in [0.2, 0.25) is 0 Å². The summed E-state index contributed by atoms with van der Waals surface area (Å²) < 4.78 is 47.8. The van der Waals surface area contributed by atoms with Crippen molar-refractivity contribution >= 4 is 17.3 Å². The highest BCUT2D eigenvalue weighted by atomic mass is 32.2. The summed E-state index contributed by atoms with van der Waals surface area (Å²) in [5, 5.41) is 9.41. The smallest absolute Gasteiger partial charge is 0.297 e. The SMILES string of the molecule is Cc1ccc(S(=O)(=O)OCC(CO)OCP(=O)(C(C)C)C(C)C)cc1. The number of hydrogen-bond donors (Lipinski definition) is 1.